The second kappa shape index (κ2) is 8.50. The van der Waals surface area contributed by atoms with Gasteiger partial charge in [0.2, 0.25) is 0 Å². The number of aryl methyl sites for hydroxylation is 1. The number of hydrogen-bond donors (Lipinski definition) is 3. The van der Waals surface area contributed by atoms with Crippen LogP contribution in [0, 0.1) is 6.92 Å². The number of nitrogens with one attached hydrogen (secondary N) is 2. The van der Waals surface area contributed by atoms with Gasteiger partial charge in [-0.3, -0.25) is 4.98 Å². The van der Waals surface area contributed by atoms with Crippen molar-refractivity contribution in [3.8, 4) is 0 Å². The summed E-state index contributed by atoms with van der Waals surface area (Å²) in [6, 6.07) is 11.3. The molecule has 1 aromatic carbocycles. The van der Waals surface area contributed by atoms with Crippen LogP contribution in [0.5, 0.6) is 0 Å². The quantitative estimate of drug-likeness (QED) is 0.756. The molecule has 0 saturated carbocycles. The molecule has 0 spiro atoms. The van der Waals surface area contributed by atoms with E-state index < -0.39 is 5.60 Å². The lowest BCUT2D eigenvalue weighted by molar-refractivity contribution is -0.0123. The predicted octanol–water partition coefficient (Wildman–Crippen LogP) is 2.24. The van der Waals surface area contributed by atoms with Crippen molar-refractivity contribution in [1.82, 2.24) is 20.5 Å². The molecular weight excluding hydrogens is 340 g/mol. The number of amides is 2. The molecule has 0 aliphatic carbocycles. The van der Waals surface area contributed by atoms with Crippen LogP contribution in [0.3, 0.4) is 0 Å². The second-order valence-electron chi connectivity index (χ2n) is 7.42. The fourth-order valence-electron chi connectivity index (χ4n) is 3.45. The maximum atomic E-state index is 12.6. The van der Waals surface area contributed by atoms with Gasteiger partial charge in [-0.2, -0.15) is 0 Å². The van der Waals surface area contributed by atoms with Gasteiger partial charge in [-0.25, -0.2) is 4.79 Å². The van der Waals surface area contributed by atoms with Crippen LogP contribution in [0.25, 0.3) is 0 Å². The largest absolute Gasteiger partial charge is 0.388 e. The van der Waals surface area contributed by atoms with Crippen LogP contribution in [0.1, 0.15) is 35.6 Å². The minimum absolute atomic E-state index is 0.253. The summed E-state index contributed by atoms with van der Waals surface area (Å²) < 4.78 is 0. The summed E-state index contributed by atoms with van der Waals surface area (Å²) in [6.07, 6.45) is 4.77. The molecule has 27 heavy (non-hydrogen) atoms. The molecule has 1 atom stereocenters. The molecule has 2 heterocycles. The van der Waals surface area contributed by atoms with E-state index in [9.17, 15) is 9.90 Å². The van der Waals surface area contributed by atoms with Gasteiger partial charge in [0.15, 0.2) is 0 Å². The molecule has 1 aliphatic rings. The minimum atomic E-state index is -0.835. The van der Waals surface area contributed by atoms with Crippen LogP contribution in [0.2, 0.25) is 0 Å². The number of aromatic nitrogens is 1. The third-order valence-electron chi connectivity index (χ3n) is 5.31. The summed E-state index contributed by atoms with van der Waals surface area (Å²) in [7, 11) is 2.04. The van der Waals surface area contributed by atoms with Gasteiger partial charge in [0.05, 0.1) is 11.6 Å². The molecule has 0 radical (unpaired) electrons. The van der Waals surface area contributed by atoms with Gasteiger partial charge in [0, 0.05) is 32.0 Å². The van der Waals surface area contributed by atoms with E-state index in [1.54, 1.807) is 12.4 Å². The van der Waals surface area contributed by atoms with E-state index in [1.165, 1.54) is 0 Å². The van der Waals surface area contributed by atoms with Crippen molar-refractivity contribution in [3.63, 3.8) is 0 Å². The fourth-order valence-corrected chi connectivity index (χ4v) is 3.45. The van der Waals surface area contributed by atoms with Crippen molar-refractivity contribution in [2.45, 2.75) is 31.4 Å². The third-order valence-corrected chi connectivity index (χ3v) is 5.31. The average molecular weight is 368 g/mol. The monoisotopic (exact) mass is 368 g/mol. The van der Waals surface area contributed by atoms with Crippen molar-refractivity contribution in [1.29, 1.82) is 0 Å². The highest BCUT2D eigenvalue weighted by Gasteiger charge is 2.31. The molecule has 6 heteroatoms. The number of urea groups is 1. The summed E-state index contributed by atoms with van der Waals surface area (Å²) in [6.45, 7) is 3.96. The first-order valence-electron chi connectivity index (χ1n) is 9.38. The average Bonchev–Trinajstić information content (AvgIpc) is 2.69. The summed E-state index contributed by atoms with van der Waals surface area (Å²) in [5, 5.41) is 16.6. The van der Waals surface area contributed by atoms with E-state index in [0.717, 1.165) is 29.8 Å². The molecule has 0 unspecified atom stereocenters. The smallest absolute Gasteiger partial charge is 0.315 e. The fraction of sp³-hybridized carbons (Fsp3) is 0.429. The maximum Gasteiger partial charge on any atom is 0.315 e. The van der Waals surface area contributed by atoms with E-state index in [2.05, 4.69) is 20.5 Å². The van der Waals surface area contributed by atoms with Crippen molar-refractivity contribution in [3.05, 3.63) is 65.5 Å². The summed E-state index contributed by atoms with van der Waals surface area (Å²) >= 11 is 0. The Morgan fingerprint density at radius 2 is 1.89 bits per heavy atom. The van der Waals surface area contributed by atoms with E-state index in [1.807, 2.05) is 50.4 Å². The number of nitrogens with zero attached hydrogens (tertiary/aromatic N) is 2. The lowest BCUT2D eigenvalue weighted by Gasteiger charge is -2.36. The second-order valence-corrected chi connectivity index (χ2v) is 7.42. The number of carbonyl (C=O) groups is 1. The topological polar surface area (TPSA) is 77.5 Å². The molecule has 6 nitrogen and oxygen atoms in total. The van der Waals surface area contributed by atoms with Gasteiger partial charge in [-0.15, -0.1) is 0 Å². The van der Waals surface area contributed by atoms with Crippen LogP contribution >= 0.6 is 0 Å². The third kappa shape index (κ3) is 5.05. The highest BCUT2D eigenvalue weighted by Crippen LogP contribution is 2.25. The first kappa shape index (κ1) is 19.3. The predicted molar refractivity (Wildman–Crippen MR) is 105 cm³/mol. The summed E-state index contributed by atoms with van der Waals surface area (Å²) in [4.78, 5) is 18.9. The van der Waals surface area contributed by atoms with Gasteiger partial charge in [0.1, 0.15) is 0 Å². The van der Waals surface area contributed by atoms with Crippen LogP contribution in [0.15, 0.2) is 48.8 Å². The van der Waals surface area contributed by atoms with Crippen LogP contribution < -0.4 is 10.6 Å². The number of pyridine rings is 1. The van der Waals surface area contributed by atoms with Crippen LogP contribution in [-0.2, 0) is 0 Å². The molecule has 3 N–H and O–H groups in total. The molecule has 0 bridgehead atoms. The molecule has 2 aromatic rings. The van der Waals surface area contributed by atoms with Gasteiger partial charge >= 0.3 is 6.03 Å². The SMILES string of the molecule is Cc1ccccc1[C@@H](NC(=O)NCC1(O)CCN(C)CC1)c1ccncc1. The van der Waals surface area contributed by atoms with Gasteiger partial charge in [-0.1, -0.05) is 24.3 Å². The van der Waals surface area contributed by atoms with Crippen LogP contribution in [-0.4, -0.2) is 53.3 Å². The van der Waals surface area contributed by atoms with Gasteiger partial charge in [0.25, 0.3) is 0 Å². The summed E-state index contributed by atoms with van der Waals surface area (Å²) in [5.41, 5.74) is 2.27. The molecule has 1 fully saturated rings. The molecule has 1 aliphatic heterocycles. The van der Waals surface area contributed by atoms with Crippen molar-refractivity contribution in [2.75, 3.05) is 26.7 Å². The zero-order chi connectivity index (χ0) is 19.3. The van der Waals surface area contributed by atoms with Crippen molar-refractivity contribution in [2.24, 2.45) is 0 Å². The first-order valence-corrected chi connectivity index (χ1v) is 9.38. The Morgan fingerprint density at radius 1 is 1.22 bits per heavy atom. The molecule has 144 valence electrons. The Kier molecular flexibility index (Phi) is 6.08. The molecule has 1 saturated heterocycles. The summed E-state index contributed by atoms with van der Waals surface area (Å²) in [5.74, 6) is 0. The number of hydrogen-bond acceptors (Lipinski definition) is 4. The standard InChI is InChI=1S/C21H28N4O2/c1-16-5-3-4-6-18(16)19(17-7-11-22-12-8-17)24-20(26)23-15-21(27)9-13-25(2)14-10-21/h3-8,11-12,19,27H,9-10,13-15H2,1-2H3,(H2,23,24,26)/t19-/m0/s1. The molecular formula is C21H28N4O2. The van der Waals surface area contributed by atoms with E-state index in [4.69, 9.17) is 0 Å². The lowest BCUT2D eigenvalue weighted by atomic mass is 9.91. The van der Waals surface area contributed by atoms with Crippen molar-refractivity contribution >= 4 is 6.03 Å². The van der Waals surface area contributed by atoms with Gasteiger partial charge < -0.3 is 20.6 Å². The number of carbonyl (C=O) groups excluding carboxylic acids is 1. The number of rotatable bonds is 5. The molecule has 3 rings (SSSR count). The number of likely N-dealkylation sites (tertiary alicyclic amines) is 1. The molecule has 2 amide bonds. The lowest BCUT2D eigenvalue weighted by Crippen LogP contribution is -2.52. The Morgan fingerprint density at radius 3 is 2.56 bits per heavy atom. The van der Waals surface area contributed by atoms with E-state index in [-0.39, 0.29) is 18.6 Å². The number of aliphatic hydroxyl groups is 1. The Bertz CT molecular complexity index is 758. The number of benzene rings is 1. The Balaban J connectivity index is 1.69. The number of piperidine rings is 1. The Hall–Kier alpha value is -2.44. The zero-order valence-corrected chi connectivity index (χ0v) is 16.0. The van der Waals surface area contributed by atoms with E-state index in [0.29, 0.717) is 12.8 Å². The van der Waals surface area contributed by atoms with E-state index >= 15 is 0 Å². The maximum absolute atomic E-state index is 12.6. The van der Waals surface area contributed by atoms with Gasteiger partial charge in [-0.05, 0) is 55.6 Å². The minimum Gasteiger partial charge on any atom is -0.388 e. The van der Waals surface area contributed by atoms with Crippen molar-refractivity contribution < 1.29 is 9.90 Å². The highest BCUT2D eigenvalue weighted by molar-refractivity contribution is 5.75. The highest BCUT2D eigenvalue weighted by atomic mass is 16.3. The normalized spacial score (nSPS) is 17.9. The first-order chi connectivity index (χ1) is 13.0. The van der Waals surface area contributed by atoms with Crippen LogP contribution in [0.4, 0.5) is 4.79 Å². The zero-order valence-electron chi connectivity index (χ0n) is 16.0. The molecule has 1 aromatic heterocycles. The Labute approximate surface area is 160 Å².